The first-order valence-electron chi connectivity index (χ1n) is 17.5. The van der Waals surface area contributed by atoms with E-state index >= 15 is 0 Å². The van der Waals surface area contributed by atoms with Crippen LogP contribution >= 0.6 is 11.8 Å². The molecule has 2 bridgehead atoms. The first-order chi connectivity index (χ1) is 24.1. The number of methoxy groups -OCH3 is 1. The van der Waals surface area contributed by atoms with E-state index < -0.39 is 37.5 Å². The summed E-state index contributed by atoms with van der Waals surface area (Å²) in [4.78, 5) is 16.0. The smallest absolute Gasteiger partial charge is 0.262 e. The molecule has 260 valence electrons. The van der Waals surface area contributed by atoms with Crippen molar-refractivity contribution in [2.24, 2.45) is 5.92 Å². The van der Waals surface area contributed by atoms with Gasteiger partial charge in [0.25, 0.3) is 8.32 Å². The molecule has 0 radical (unpaired) electrons. The molecule has 7 rings (SSSR count). The first-order valence-corrected chi connectivity index (χ1v) is 20.2. The van der Waals surface area contributed by atoms with E-state index in [4.69, 9.17) is 23.4 Å². The van der Waals surface area contributed by atoms with Crippen molar-refractivity contribution in [3.8, 4) is 11.5 Å². The van der Waals surface area contributed by atoms with Gasteiger partial charge >= 0.3 is 0 Å². The summed E-state index contributed by atoms with van der Waals surface area (Å²) in [5, 5.41) is 2.15. The molecule has 0 spiro atoms. The summed E-state index contributed by atoms with van der Waals surface area (Å²) in [7, 11) is -1.33. The highest BCUT2D eigenvalue weighted by Gasteiger charge is 2.59. The molecule has 2 saturated heterocycles. The minimum absolute atomic E-state index is 0.0305. The van der Waals surface area contributed by atoms with Crippen molar-refractivity contribution in [3.63, 3.8) is 0 Å². The summed E-state index contributed by atoms with van der Waals surface area (Å²) in [6, 6.07) is 39.0. The Hall–Kier alpha value is -3.82. The third-order valence-corrected chi connectivity index (χ3v) is 16.9. The van der Waals surface area contributed by atoms with Crippen LogP contribution in [0.2, 0.25) is 5.04 Å². The molecule has 0 aliphatic carbocycles. The van der Waals surface area contributed by atoms with E-state index in [1.54, 1.807) is 18.9 Å². The number of fused-ring (bicyclic) bond motifs is 3. The van der Waals surface area contributed by atoms with Crippen LogP contribution in [0.25, 0.3) is 0 Å². The van der Waals surface area contributed by atoms with E-state index in [0.29, 0.717) is 25.2 Å². The van der Waals surface area contributed by atoms with Crippen molar-refractivity contribution in [2.45, 2.75) is 79.6 Å². The van der Waals surface area contributed by atoms with Crippen LogP contribution in [0, 0.1) is 5.92 Å². The van der Waals surface area contributed by atoms with Crippen LogP contribution in [0.5, 0.6) is 11.5 Å². The van der Waals surface area contributed by atoms with Crippen LogP contribution in [-0.4, -0.2) is 57.0 Å². The number of Topliss-reactive ketones (excluding diaryl/α,β-unsaturated/α-hetero) is 1. The molecule has 3 heterocycles. The molecular weight excluding hydrogens is 661 g/mol. The molecule has 0 aromatic heterocycles. The van der Waals surface area contributed by atoms with E-state index in [0.717, 1.165) is 16.4 Å². The quantitative estimate of drug-likeness (QED) is 0.166. The van der Waals surface area contributed by atoms with Crippen molar-refractivity contribution in [2.75, 3.05) is 13.7 Å². The van der Waals surface area contributed by atoms with Gasteiger partial charge in [0.1, 0.15) is 46.4 Å². The standard InChI is InChI=1S/C42H46O6SSi/c1-41(2,3)50(32-17-11-7-12-18-32,33-19-13-8-14-20-33)48-37-28-38-42(4,49-31-15-9-6-10-16-31)40(43)39-34(25-26-45-39)35(27-36(37)47-38)46-30-23-21-29(44-5)22-24-30/h6-24,27,34-35,37-39H,25-26,28H2,1-5H3/t34-,35-,37-,38-,39-,42-/m1/s1. The zero-order valence-electron chi connectivity index (χ0n) is 29.4. The molecule has 50 heavy (non-hydrogen) atoms. The second-order valence-electron chi connectivity index (χ2n) is 14.6. The van der Waals surface area contributed by atoms with E-state index in [1.165, 1.54) is 10.4 Å². The van der Waals surface area contributed by atoms with Crippen molar-refractivity contribution >= 4 is 36.2 Å². The summed E-state index contributed by atoms with van der Waals surface area (Å²) in [6.45, 7) is 9.38. The number of hydrogen-bond donors (Lipinski definition) is 0. The van der Waals surface area contributed by atoms with Gasteiger partial charge in [0.2, 0.25) is 0 Å². The molecule has 3 aliphatic rings. The summed E-state index contributed by atoms with van der Waals surface area (Å²) in [6.07, 6.45) is 1.32. The summed E-state index contributed by atoms with van der Waals surface area (Å²) in [5.41, 5.74) is 0. The van der Waals surface area contributed by atoms with Gasteiger partial charge in [0, 0.05) is 23.8 Å². The maximum absolute atomic E-state index is 15.0. The molecule has 0 saturated carbocycles. The number of carbonyl (C=O) groups excluding carboxylic acids is 1. The fraction of sp³-hybridized carbons (Fsp3) is 0.357. The Morgan fingerprint density at radius 3 is 1.98 bits per heavy atom. The Bertz CT molecular complexity index is 1750. The average molecular weight is 707 g/mol. The predicted molar refractivity (Wildman–Crippen MR) is 201 cm³/mol. The molecule has 4 aromatic carbocycles. The fourth-order valence-electron chi connectivity index (χ4n) is 7.82. The Kier molecular flexibility index (Phi) is 9.74. The summed E-state index contributed by atoms with van der Waals surface area (Å²) >= 11 is 1.56. The van der Waals surface area contributed by atoms with Gasteiger partial charge in [0.05, 0.1) is 7.11 Å². The van der Waals surface area contributed by atoms with Gasteiger partial charge in [0.15, 0.2) is 5.78 Å². The van der Waals surface area contributed by atoms with Gasteiger partial charge < -0.3 is 23.4 Å². The van der Waals surface area contributed by atoms with Crippen molar-refractivity contribution in [1.29, 1.82) is 0 Å². The van der Waals surface area contributed by atoms with Crippen molar-refractivity contribution in [1.82, 2.24) is 0 Å². The maximum atomic E-state index is 15.0. The molecule has 3 aliphatic heterocycles. The number of ether oxygens (including phenoxy) is 4. The van der Waals surface area contributed by atoms with Gasteiger partial charge in [-0.3, -0.25) is 4.79 Å². The lowest BCUT2D eigenvalue weighted by atomic mass is 9.83. The molecule has 4 aromatic rings. The normalized spacial score (nSPS) is 26.5. The second kappa shape index (κ2) is 14.1. The number of rotatable bonds is 9. The monoisotopic (exact) mass is 706 g/mol. The third kappa shape index (κ3) is 6.43. The second-order valence-corrected chi connectivity index (χ2v) is 20.3. The number of benzene rings is 4. The first kappa shape index (κ1) is 34.6. The lowest BCUT2D eigenvalue weighted by Crippen LogP contribution is -2.67. The molecule has 0 unspecified atom stereocenters. The van der Waals surface area contributed by atoms with Gasteiger partial charge in [-0.2, -0.15) is 0 Å². The van der Waals surface area contributed by atoms with Crippen LogP contribution < -0.4 is 19.8 Å². The Labute approximate surface area is 301 Å². The average Bonchev–Trinajstić information content (AvgIpc) is 3.79. The Morgan fingerprint density at radius 2 is 1.40 bits per heavy atom. The highest BCUT2D eigenvalue weighted by molar-refractivity contribution is 8.01. The molecular formula is C42H46O6SSi. The number of ketones is 1. The van der Waals surface area contributed by atoms with Gasteiger partial charge in [-0.05, 0) is 71.2 Å². The fourth-order valence-corrected chi connectivity index (χ4v) is 13.7. The van der Waals surface area contributed by atoms with Crippen LogP contribution in [0.15, 0.2) is 132 Å². The highest BCUT2D eigenvalue weighted by atomic mass is 32.2. The maximum Gasteiger partial charge on any atom is 0.262 e. The van der Waals surface area contributed by atoms with Crippen LogP contribution in [0.4, 0.5) is 0 Å². The Morgan fingerprint density at radius 1 is 0.820 bits per heavy atom. The van der Waals surface area contributed by atoms with Crippen LogP contribution in [-0.2, 0) is 18.7 Å². The topological polar surface area (TPSA) is 63.2 Å². The van der Waals surface area contributed by atoms with Gasteiger partial charge in [-0.1, -0.05) is 99.6 Å². The highest BCUT2D eigenvalue weighted by Crippen LogP contribution is 2.49. The minimum atomic E-state index is -2.98. The zero-order chi connectivity index (χ0) is 34.9. The molecule has 0 amide bonds. The van der Waals surface area contributed by atoms with Crippen molar-refractivity contribution in [3.05, 3.63) is 127 Å². The lowest BCUT2D eigenvalue weighted by molar-refractivity contribution is -0.135. The molecule has 6 atom stereocenters. The Balaban J connectivity index is 1.37. The zero-order valence-corrected chi connectivity index (χ0v) is 31.2. The number of hydrogen-bond acceptors (Lipinski definition) is 7. The van der Waals surface area contributed by atoms with Crippen LogP contribution in [0.1, 0.15) is 40.5 Å². The van der Waals surface area contributed by atoms with E-state index in [1.807, 2.05) is 49.4 Å². The van der Waals surface area contributed by atoms with Crippen LogP contribution in [0.3, 0.4) is 0 Å². The molecule has 6 nitrogen and oxygen atoms in total. The van der Waals surface area contributed by atoms with E-state index in [-0.39, 0.29) is 16.7 Å². The SMILES string of the molecule is COc1ccc(O[C@@H]2C=C3O[C@H](C[C@H]3O[Si](c3ccccc3)(c3ccccc3)C(C)(C)C)[C@@](C)(Sc3ccccc3)C(=O)[C@@H]3OCC[C@H]23)cc1. The predicted octanol–water partition coefficient (Wildman–Crippen LogP) is 7.60. The molecule has 0 N–H and O–H groups in total. The van der Waals surface area contributed by atoms with E-state index in [9.17, 15) is 4.79 Å². The van der Waals surface area contributed by atoms with Gasteiger partial charge in [-0.15, -0.1) is 11.8 Å². The minimum Gasteiger partial charge on any atom is -0.497 e. The number of thioether (sulfide) groups is 1. The summed E-state index contributed by atoms with van der Waals surface area (Å²) in [5.74, 6) is 1.98. The summed E-state index contributed by atoms with van der Waals surface area (Å²) < 4.78 is 32.3. The number of carbonyl (C=O) groups is 1. The lowest BCUT2D eigenvalue weighted by Gasteiger charge is -2.44. The molecule has 2 fully saturated rings. The molecule has 8 heteroatoms. The largest absolute Gasteiger partial charge is 0.497 e. The third-order valence-electron chi connectivity index (χ3n) is 10.4. The van der Waals surface area contributed by atoms with Crippen molar-refractivity contribution < 1.29 is 28.2 Å². The van der Waals surface area contributed by atoms with E-state index in [2.05, 4.69) is 99.6 Å². The van der Waals surface area contributed by atoms with Gasteiger partial charge in [-0.25, -0.2) is 0 Å².